The Labute approximate surface area is 858 Å². The zero-order valence-electron chi connectivity index (χ0n) is 93.0. The van der Waals surface area contributed by atoms with E-state index in [1.54, 1.807) is 64.8 Å². The molecule has 6 heteroatoms. The Morgan fingerprint density at radius 1 is 0.282 bits per heavy atom. The summed E-state index contributed by atoms with van der Waals surface area (Å²) in [6, 6.07) is 81.1. The van der Waals surface area contributed by atoms with Gasteiger partial charge in [0.1, 0.15) is 34.5 Å². The maximum absolute atomic E-state index is 10.4. The van der Waals surface area contributed by atoms with Crippen molar-refractivity contribution in [3.05, 3.63) is 325 Å². The lowest BCUT2D eigenvalue weighted by Crippen LogP contribution is -2.48. The molecule has 6 N–H and O–H groups in total. The number of aromatic hydroxyl groups is 6. The van der Waals surface area contributed by atoms with Gasteiger partial charge >= 0.3 is 0 Å². The Morgan fingerprint density at radius 3 is 0.873 bits per heavy atom. The first-order chi connectivity index (χ1) is 67.9. The predicted octanol–water partition coefficient (Wildman–Crippen LogP) is 41.0. The Kier molecular flexibility index (Phi) is 44.0. The molecule has 0 amide bonds. The summed E-state index contributed by atoms with van der Waals surface area (Å²) in [7, 11) is 0. The van der Waals surface area contributed by atoms with Gasteiger partial charge in [-0.1, -0.05) is 476 Å². The summed E-state index contributed by atoms with van der Waals surface area (Å²) < 4.78 is 0. The minimum Gasteiger partial charge on any atom is -0.508 e. The fourth-order valence-electron chi connectivity index (χ4n) is 22.8. The van der Waals surface area contributed by atoms with Gasteiger partial charge in [0, 0.05) is 32.7 Å². The highest BCUT2D eigenvalue weighted by Gasteiger charge is 2.54. The molecule has 12 aliphatic carbocycles. The van der Waals surface area contributed by atoms with Gasteiger partial charge in [-0.05, 0) is 291 Å². The van der Waals surface area contributed by atoms with Crippen molar-refractivity contribution in [2.24, 2.45) is 98.6 Å². The van der Waals surface area contributed by atoms with Gasteiger partial charge in [0.25, 0.3) is 0 Å². The van der Waals surface area contributed by atoms with Crippen molar-refractivity contribution in [1.29, 1.82) is 0 Å². The van der Waals surface area contributed by atoms with Crippen LogP contribution in [-0.4, -0.2) is 30.6 Å². The van der Waals surface area contributed by atoms with Crippen molar-refractivity contribution in [2.45, 2.75) is 279 Å². The van der Waals surface area contributed by atoms with Gasteiger partial charge in [0.05, 0.1) is 0 Å². The molecule has 4 fully saturated rings. The van der Waals surface area contributed by atoms with Gasteiger partial charge < -0.3 is 30.6 Å². The molecule has 12 aliphatic rings. The maximum atomic E-state index is 10.4. The summed E-state index contributed by atoms with van der Waals surface area (Å²) in [6.07, 6.45) is 28.3. The summed E-state index contributed by atoms with van der Waals surface area (Å²) in [4.78, 5) is 0. The monoisotopic (exact) mass is 1910 g/mol. The summed E-state index contributed by atoms with van der Waals surface area (Å²) >= 11 is 0. The van der Waals surface area contributed by atoms with Crippen molar-refractivity contribution >= 4 is 86.2 Å². The number of fused-ring (bicyclic) bond motifs is 9. The molecule has 8 bridgehead atoms. The molecular weight excluding hydrogens is 1730 g/mol. The predicted molar refractivity (Wildman–Crippen MR) is 625 cm³/mol. The van der Waals surface area contributed by atoms with E-state index in [1.807, 2.05) is 245 Å². The molecule has 26 rings (SSSR count). The third-order valence-corrected chi connectivity index (χ3v) is 31.3. The van der Waals surface area contributed by atoms with Crippen molar-refractivity contribution in [3.8, 4) is 45.6 Å². The number of hydrogen-bond donors (Lipinski definition) is 6. The molecular formula is C136H180O6. The smallest absolute Gasteiger partial charge is 0.124 e. The largest absolute Gasteiger partial charge is 0.508 e. The van der Waals surface area contributed by atoms with E-state index < -0.39 is 0 Å². The highest BCUT2D eigenvalue weighted by Crippen LogP contribution is 2.64. The average Bonchev–Trinajstić information content (AvgIpc) is 0.728. The van der Waals surface area contributed by atoms with Crippen molar-refractivity contribution in [3.63, 3.8) is 0 Å². The van der Waals surface area contributed by atoms with Crippen LogP contribution in [0, 0.1) is 98.6 Å². The van der Waals surface area contributed by atoms with Crippen LogP contribution in [0.5, 0.6) is 34.5 Å². The molecule has 0 aliphatic heterocycles. The first-order valence-corrected chi connectivity index (χ1v) is 54.3. The van der Waals surface area contributed by atoms with Gasteiger partial charge in [-0.2, -0.15) is 0 Å². The van der Waals surface area contributed by atoms with E-state index in [2.05, 4.69) is 218 Å². The summed E-state index contributed by atoms with van der Waals surface area (Å²) in [6.45, 7) is 69.2. The van der Waals surface area contributed by atoms with E-state index >= 15 is 0 Å². The van der Waals surface area contributed by atoms with Crippen LogP contribution in [0.4, 0.5) is 0 Å². The second kappa shape index (κ2) is 53.8. The van der Waals surface area contributed by atoms with Gasteiger partial charge in [0.15, 0.2) is 0 Å². The van der Waals surface area contributed by atoms with E-state index in [0.717, 1.165) is 130 Å². The fourth-order valence-corrected chi connectivity index (χ4v) is 22.8. The summed E-state index contributed by atoms with van der Waals surface area (Å²) in [5.74, 6) is 13.1. The van der Waals surface area contributed by atoms with Crippen molar-refractivity contribution < 1.29 is 30.6 Å². The summed E-state index contributed by atoms with van der Waals surface area (Å²) in [5, 5.41) is 75.8. The molecule has 0 spiro atoms. The number of phenolic OH excluding ortho intramolecular Hbond substituents is 6. The molecule has 0 heterocycles. The Balaban J connectivity index is 0.000000193. The molecule has 142 heavy (non-hydrogen) atoms. The first kappa shape index (κ1) is 116. The van der Waals surface area contributed by atoms with Crippen LogP contribution in [0.15, 0.2) is 325 Å². The lowest BCUT2D eigenvalue weighted by Gasteiger charge is -2.57. The van der Waals surface area contributed by atoms with Crippen molar-refractivity contribution in [1.82, 2.24) is 0 Å². The Bertz CT molecular complexity index is 6120. The molecule has 6 nitrogen and oxygen atoms in total. The van der Waals surface area contributed by atoms with Crippen LogP contribution in [0.3, 0.4) is 0 Å². The van der Waals surface area contributed by atoms with Crippen molar-refractivity contribution in [2.75, 3.05) is 0 Å². The molecule has 760 valence electrons. The van der Waals surface area contributed by atoms with Gasteiger partial charge in [-0.3, -0.25) is 0 Å². The molecule has 4 saturated carbocycles. The number of hydrogen-bond acceptors (Lipinski definition) is 6. The second-order valence-electron chi connectivity index (χ2n) is 43.0. The molecule has 0 radical (unpaired) electrons. The van der Waals surface area contributed by atoms with E-state index in [-0.39, 0.29) is 11.5 Å². The Hall–Kier alpha value is -11.3. The van der Waals surface area contributed by atoms with Crippen LogP contribution in [0.1, 0.15) is 279 Å². The minimum atomic E-state index is 0.172. The van der Waals surface area contributed by atoms with E-state index in [4.69, 9.17) is 5.11 Å². The zero-order chi connectivity index (χ0) is 105. The summed E-state index contributed by atoms with van der Waals surface area (Å²) in [5.41, 5.74) is 13.7. The van der Waals surface area contributed by atoms with Crippen LogP contribution < -0.4 is 0 Å². The zero-order valence-corrected chi connectivity index (χ0v) is 93.0. The standard InChI is InChI=1S/C20H14O2.C16H10O.4C12H20.C12H22.3C10H8O.5C2H6/c21-17-11-9-13-5-1-3-7-15(13)19(17)20-16-8-4-2-6-14(16)10-12-18(20)22;17-14-9-7-12-5-4-10-2-1-3-11-6-8-13(14)16(12)15(10)11;4*1-8(2)10-6-5-9-7-11(10)12(9,3)4;1-10(2)7-6-8-12(5)9-11(3)4;2*11-10-7-3-5-8-4-1-2-6-9(8)10;11-10-6-5-8-3-1-2-4-9(8)7-10;5*1-2/h1-12,21-22H;1-9,17H;4*6,8-9,11H,5,7H2,1-4H3;7,9,11H,6,8H2,1-5H3;3*1-7,11H;5*1-2H3/b;;;;;;12-9+;;;;;;;;. The average molecular weight is 1910 g/mol. The minimum absolute atomic E-state index is 0.172. The number of allylic oxidation sites excluding steroid dienone is 12. The third kappa shape index (κ3) is 28.0. The molecule has 8 atom stereocenters. The highest BCUT2D eigenvalue weighted by atomic mass is 16.3. The first-order valence-electron chi connectivity index (χ1n) is 54.3. The molecule has 0 aromatic heterocycles. The third-order valence-electron chi connectivity index (χ3n) is 31.3. The lowest BCUT2D eigenvalue weighted by atomic mass is 9.48. The van der Waals surface area contributed by atoms with E-state index in [0.29, 0.717) is 61.7 Å². The topological polar surface area (TPSA) is 121 Å². The normalized spacial score (nSPS) is 19.4. The molecule has 14 aromatic carbocycles. The fraction of sp³-hybridized carbons (Fsp3) is 0.426. The molecule has 0 saturated heterocycles. The highest BCUT2D eigenvalue weighted by molar-refractivity contribution is 6.24. The van der Waals surface area contributed by atoms with Crippen LogP contribution in [0.25, 0.3) is 97.3 Å². The second-order valence-corrected chi connectivity index (χ2v) is 43.0. The van der Waals surface area contributed by atoms with E-state index in [1.165, 1.54) is 102 Å². The maximum Gasteiger partial charge on any atom is 0.124 e. The number of benzene rings is 14. The van der Waals surface area contributed by atoms with Gasteiger partial charge in [-0.15, -0.1) is 0 Å². The van der Waals surface area contributed by atoms with E-state index in [9.17, 15) is 25.5 Å². The quantitative estimate of drug-likeness (QED) is 0.0633. The Morgan fingerprint density at radius 2 is 0.549 bits per heavy atom. The van der Waals surface area contributed by atoms with Crippen LogP contribution in [-0.2, 0) is 0 Å². The molecule has 8 unspecified atom stereocenters. The number of rotatable bonds is 9. The lowest BCUT2D eigenvalue weighted by molar-refractivity contribution is -0.0116. The number of phenols is 6. The van der Waals surface area contributed by atoms with Crippen LogP contribution in [0.2, 0.25) is 0 Å². The van der Waals surface area contributed by atoms with Crippen LogP contribution >= 0.6 is 0 Å². The molecule has 14 aromatic rings. The van der Waals surface area contributed by atoms with Gasteiger partial charge in [0.2, 0.25) is 0 Å². The van der Waals surface area contributed by atoms with Gasteiger partial charge in [-0.25, -0.2) is 0 Å². The SMILES string of the molecule is CC.CC.CC.CC.CC.CC(C)=CCC/C(C)=C/C(C)C.CC(C)C1=CCC2CC1C2(C)C.CC(C)C1=CCC2CC1C2(C)C.CC(C)C1=CCC2CC1C2(C)C.CC(C)C1=CCC2CC1C2(C)C.Oc1ccc2ccc3cccc4ccc1c2c34.Oc1ccc2ccccc2c1.Oc1ccc2ccccc2c1-c1c(O)ccc2ccccc12.Oc1cccc2ccccc12.Oc1cccc2ccccc12.